The largest absolute Gasteiger partial charge is 0.497 e. The molecule has 1 rings (SSSR count). The van der Waals surface area contributed by atoms with Crippen LogP contribution in [-0.4, -0.2) is 38.7 Å². The van der Waals surface area contributed by atoms with E-state index in [1.807, 2.05) is 13.8 Å². The van der Waals surface area contributed by atoms with E-state index in [1.54, 1.807) is 12.1 Å². The van der Waals surface area contributed by atoms with Gasteiger partial charge in [0.05, 0.1) is 18.6 Å². The van der Waals surface area contributed by atoms with Gasteiger partial charge in [-0.1, -0.05) is 13.8 Å². The van der Waals surface area contributed by atoms with Crippen LogP contribution in [0.5, 0.6) is 5.75 Å². The number of hydrogen-bond donors (Lipinski definition) is 0. The number of benzene rings is 1. The van der Waals surface area contributed by atoms with E-state index < -0.39 is 10.0 Å². The second-order valence-electron chi connectivity index (χ2n) is 5.07. The van der Waals surface area contributed by atoms with E-state index in [2.05, 4.69) is 0 Å². The Kier molecular flexibility index (Phi) is 5.71. The lowest BCUT2D eigenvalue weighted by molar-refractivity contribution is -0.117. The van der Waals surface area contributed by atoms with Gasteiger partial charge in [0.1, 0.15) is 11.5 Å². The molecule has 0 fully saturated rings. The zero-order chi connectivity index (χ0) is 15.3. The highest BCUT2D eigenvalue weighted by atomic mass is 32.2. The third-order valence-electron chi connectivity index (χ3n) is 2.67. The molecule has 1 aromatic carbocycles. The van der Waals surface area contributed by atoms with Gasteiger partial charge in [0, 0.05) is 6.54 Å². The smallest absolute Gasteiger partial charge is 0.243 e. The summed E-state index contributed by atoms with van der Waals surface area (Å²) in [5.74, 6) is 0.552. The van der Waals surface area contributed by atoms with Crippen molar-refractivity contribution in [2.24, 2.45) is 5.92 Å². The minimum absolute atomic E-state index is 0.105. The first-order valence-corrected chi connectivity index (χ1v) is 7.85. The molecule has 0 saturated heterocycles. The van der Waals surface area contributed by atoms with E-state index in [4.69, 9.17) is 4.74 Å². The molecular weight excluding hydrogens is 278 g/mol. The Bertz CT molecular complexity index is 549. The summed E-state index contributed by atoms with van der Waals surface area (Å²) < 4.78 is 31.3. The van der Waals surface area contributed by atoms with Crippen molar-refractivity contribution >= 4 is 15.8 Å². The lowest BCUT2D eigenvalue weighted by Crippen LogP contribution is -2.37. The molecule has 0 saturated carbocycles. The number of methoxy groups -OCH3 is 1. The monoisotopic (exact) mass is 299 g/mol. The van der Waals surface area contributed by atoms with Crippen LogP contribution >= 0.6 is 0 Å². The normalized spacial score (nSPS) is 11.9. The highest BCUT2D eigenvalue weighted by Crippen LogP contribution is 2.20. The van der Waals surface area contributed by atoms with Crippen molar-refractivity contribution in [3.63, 3.8) is 0 Å². The van der Waals surface area contributed by atoms with E-state index in [-0.39, 0.29) is 23.1 Å². The molecule has 0 bridgehead atoms. The van der Waals surface area contributed by atoms with Crippen LogP contribution in [0.3, 0.4) is 0 Å². The maximum Gasteiger partial charge on any atom is 0.243 e. The summed E-state index contributed by atoms with van der Waals surface area (Å²) in [6.07, 6.45) is 0. The van der Waals surface area contributed by atoms with Gasteiger partial charge in [-0.3, -0.25) is 4.79 Å². The number of carbonyl (C=O) groups excluding carboxylic acids is 1. The molecule has 0 aliphatic carbocycles. The zero-order valence-corrected chi connectivity index (χ0v) is 13.1. The Morgan fingerprint density at radius 3 is 2.20 bits per heavy atom. The molecule has 0 unspecified atom stereocenters. The number of rotatable bonds is 7. The Labute approximate surface area is 120 Å². The molecule has 112 valence electrons. The molecule has 0 aliphatic rings. The minimum atomic E-state index is -3.66. The van der Waals surface area contributed by atoms with Crippen molar-refractivity contribution in [1.82, 2.24) is 4.31 Å². The first-order valence-electron chi connectivity index (χ1n) is 6.41. The lowest BCUT2D eigenvalue weighted by Gasteiger charge is -2.22. The topological polar surface area (TPSA) is 63.7 Å². The Balaban J connectivity index is 3.10. The van der Waals surface area contributed by atoms with Crippen LogP contribution in [-0.2, 0) is 14.8 Å². The average molecular weight is 299 g/mol. The summed E-state index contributed by atoms with van der Waals surface area (Å²) in [7, 11) is -2.14. The fourth-order valence-electron chi connectivity index (χ4n) is 1.80. The van der Waals surface area contributed by atoms with Gasteiger partial charge in [-0.2, -0.15) is 4.31 Å². The number of sulfonamides is 1. The average Bonchev–Trinajstić information content (AvgIpc) is 2.37. The summed E-state index contributed by atoms with van der Waals surface area (Å²) in [4.78, 5) is 11.5. The number of ketones is 1. The van der Waals surface area contributed by atoms with E-state index in [0.717, 1.165) is 0 Å². The zero-order valence-electron chi connectivity index (χ0n) is 12.3. The second-order valence-corrected chi connectivity index (χ2v) is 7.01. The quantitative estimate of drug-likeness (QED) is 0.772. The van der Waals surface area contributed by atoms with Crippen LogP contribution in [0.1, 0.15) is 20.8 Å². The molecule has 0 N–H and O–H groups in total. The van der Waals surface area contributed by atoms with Gasteiger partial charge in [-0.25, -0.2) is 8.42 Å². The van der Waals surface area contributed by atoms with Gasteiger partial charge in [-0.15, -0.1) is 0 Å². The van der Waals surface area contributed by atoms with Crippen LogP contribution in [0.4, 0.5) is 0 Å². The van der Waals surface area contributed by atoms with Crippen molar-refractivity contribution in [2.75, 3.05) is 20.2 Å². The highest BCUT2D eigenvalue weighted by molar-refractivity contribution is 7.89. The maximum atomic E-state index is 12.5. The molecule has 1 aromatic rings. The van der Waals surface area contributed by atoms with Gasteiger partial charge in [0.2, 0.25) is 10.0 Å². The third kappa shape index (κ3) is 4.31. The molecule has 0 spiro atoms. The molecule has 20 heavy (non-hydrogen) atoms. The summed E-state index contributed by atoms with van der Waals surface area (Å²) in [6, 6.07) is 6.16. The van der Waals surface area contributed by atoms with Crippen molar-refractivity contribution in [2.45, 2.75) is 25.7 Å². The van der Waals surface area contributed by atoms with E-state index >= 15 is 0 Å². The van der Waals surface area contributed by atoms with Gasteiger partial charge in [0.15, 0.2) is 0 Å². The molecule has 0 amide bonds. The van der Waals surface area contributed by atoms with Crippen molar-refractivity contribution in [3.8, 4) is 5.75 Å². The Morgan fingerprint density at radius 2 is 1.80 bits per heavy atom. The molecular formula is C14H21NO4S. The van der Waals surface area contributed by atoms with Crippen LogP contribution in [0.15, 0.2) is 29.2 Å². The molecule has 0 radical (unpaired) electrons. The van der Waals surface area contributed by atoms with Gasteiger partial charge >= 0.3 is 0 Å². The van der Waals surface area contributed by atoms with Crippen molar-refractivity contribution < 1.29 is 17.9 Å². The summed E-state index contributed by atoms with van der Waals surface area (Å²) in [6.45, 7) is 5.42. The van der Waals surface area contributed by atoms with Crippen LogP contribution in [0, 0.1) is 5.92 Å². The minimum Gasteiger partial charge on any atom is -0.497 e. The summed E-state index contributed by atoms with van der Waals surface area (Å²) in [5, 5.41) is 0. The van der Waals surface area contributed by atoms with Crippen molar-refractivity contribution in [1.29, 1.82) is 0 Å². The van der Waals surface area contributed by atoms with Gasteiger partial charge in [0.25, 0.3) is 0 Å². The molecule has 5 nitrogen and oxygen atoms in total. The van der Waals surface area contributed by atoms with Gasteiger partial charge in [-0.05, 0) is 37.1 Å². The van der Waals surface area contributed by atoms with Crippen LogP contribution in [0.2, 0.25) is 0 Å². The maximum absolute atomic E-state index is 12.5. The SMILES string of the molecule is COc1ccc(S(=O)(=O)N(CC(C)=O)CC(C)C)cc1. The number of nitrogens with zero attached hydrogens (tertiary/aromatic N) is 1. The highest BCUT2D eigenvalue weighted by Gasteiger charge is 2.26. The lowest BCUT2D eigenvalue weighted by atomic mass is 10.2. The first kappa shape index (κ1) is 16.7. The number of ether oxygens (including phenoxy) is 1. The predicted octanol–water partition coefficient (Wildman–Crippen LogP) is 1.93. The van der Waals surface area contributed by atoms with Crippen LogP contribution in [0.25, 0.3) is 0 Å². The fraction of sp³-hybridized carbons (Fsp3) is 0.500. The Hall–Kier alpha value is -1.40. The first-order chi connectivity index (χ1) is 9.27. The standard InChI is InChI=1S/C14H21NO4S/c1-11(2)9-15(10-12(3)16)20(17,18)14-7-5-13(19-4)6-8-14/h5-8,11H,9-10H2,1-4H3. The predicted molar refractivity (Wildman–Crippen MR) is 77.3 cm³/mol. The van der Waals surface area contributed by atoms with Crippen LogP contribution < -0.4 is 4.74 Å². The second kappa shape index (κ2) is 6.85. The van der Waals surface area contributed by atoms with E-state index in [1.165, 1.54) is 30.5 Å². The number of hydrogen-bond acceptors (Lipinski definition) is 4. The van der Waals surface area contributed by atoms with Crippen molar-refractivity contribution in [3.05, 3.63) is 24.3 Å². The molecule has 0 heterocycles. The summed E-state index contributed by atoms with van der Waals surface area (Å²) >= 11 is 0. The Morgan fingerprint density at radius 1 is 1.25 bits per heavy atom. The number of carbonyl (C=O) groups is 1. The molecule has 6 heteroatoms. The fourth-order valence-corrected chi connectivity index (χ4v) is 3.42. The molecule has 0 aromatic heterocycles. The van der Waals surface area contributed by atoms with E-state index in [9.17, 15) is 13.2 Å². The van der Waals surface area contributed by atoms with E-state index in [0.29, 0.717) is 12.3 Å². The molecule has 0 aliphatic heterocycles. The van der Waals surface area contributed by atoms with Gasteiger partial charge < -0.3 is 4.74 Å². The number of Topliss-reactive ketones (excluding diaryl/α,β-unsaturated/α-hetero) is 1. The molecule has 0 atom stereocenters. The summed E-state index contributed by atoms with van der Waals surface area (Å²) in [5.41, 5.74) is 0. The third-order valence-corrected chi connectivity index (χ3v) is 4.49.